The second-order valence-electron chi connectivity index (χ2n) is 7.18. The van der Waals surface area contributed by atoms with E-state index in [1.165, 1.54) is 4.90 Å². The maximum atomic E-state index is 13.0. The number of hydrogen-bond acceptors (Lipinski definition) is 4. The fourth-order valence-electron chi connectivity index (χ4n) is 3.34. The summed E-state index contributed by atoms with van der Waals surface area (Å²) < 4.78 is 0. The van der Waals surface area contributed by atoms with Crippen molar-refractivity contribution in [1.82, 2.24) is 10.2 Å². The van der Waals surface area contributed by atoms with E-state index in [1.54, 1.807) is 7.05 Å². The van der Waals surface area contributed by atoms with Gasteiger partial charge in [-0.3, -0.25) is 14.5 Å². The van der Waals surface area contributed by atoms with Crippen molar-refractivity contribution < 1.29 is 9.59 Å². The lowest BCUT2D eigenvalue weighted by Gasteiger charge is -2.25. The molecule has 1 aliphatic heterocycles. The fourth-order valence-corrected chi connectivity index (χ4v) is 4.45. The number of carbonyl (C=O) groups excluding carboxylic acids is 2. The largest absolute Gasteiger partial charge is 0.355 e. The molecular formula is C22H27N3O2S. The molecule has 0 aromatic heterocycles. The van der Waals surface area contributed by atoms with Crippen LogP contribution >= 0.6 is 11.8 Å². The third kappa shape index (κ3) is 4.94. The van der Waals surface area contributed by atoms with Crippen molar-refractivity contribution in [3.63, 3.8) is 0 Å². The van der Waals surface area contributed by atoms with Crippen LogP contribution in [0.1, 0.15) is 29.3 Å². The molecule has 0 fully saturated rings. The van der Waals surface area contributed by atoms with E-state index in [0.717, 1.165) is 24.2 Å². The summed E-state index contributed by atoms with van der Waals surface area (Å²) in [5.74, 6) is 0.0219. The summed E-state index contributed by atoms with van der Waals surface area (Å²) in [7, 11) is 3.57. The number of anilines is 1. The number of thioether (sulfide) groups is 1. The molecule has 0 saturated heterocycles. The zero-order valence-electron chi connectivity index (χ0n) is 16.6. The molecule has 148 valence electrons. The van der Waals surface area contributed by atoms with Gasteiger partial charge in [0.25, 0.3) is 5.91 Å². The molecule has 0 radical (unpaired) electrons. The van der Waals surface area contributed by atoms with E-state index in [4.69, 9.17) is 0 Å². The molecule has 2 aromatic carbocycles. The second kappa shape index (κ2) is 9.26. The summed E-state index contributed by atoms with van der Waals surface area (Å²) in [5, 5.41) is 3.11. The zero-order chi connectivity index (χ0) is 20.1. The number of hydrogen-bond donors (Lipinski definition) is 1. The molecule has 3 rings (SSSR count). The Hall–Kier alpha value is -2.31. The molecule has 28 heavy (non-hydrogen) atoms. The topological polar surface area (TPSA) is 52.7 Å². The van der Waals surface area contributed by atoms with E-state index in [2.05, 4.69) is 18.3 Å². The lowest BCUT2D eigenvalue weighted by Crippen LogP contribution is -2.39. The van der Waals surface area contributed by atoms with Crippen LogP contribution < -0.4 is 10.2 Å². The number of benzene rings is 2. The first-order valence-electron chi connectivity index (χ1n) is 9.53. The fraction of sp³-hybridized carbons (Fsp3) is 0.364. The van der Waals surface area contributed by atoms with Crippen LogP contribution in [0.25, 0.3) is 0 Å². The molecule has 5 nitrogen and oxygen atoms in total. The van der Waals surface area contributed by atoms with Gasteiger partial charge in [0.1, 0.15) is 0 Å². The number of nitrogens with one attached hydrogen (secondary N) is 1. The van der Waals surface area contributed by atoms with Crippen LogP contribution in [0.15, 0.2) is 53.4 Å². The normalized spacial score (nSPS) is 16.4. The van der Waals surface area contributed by atoms with Gasteiger partial charge in [-0.1, -0.05) is 31.2 Å². The van der Waals surface area contributed by atoms with Crippen molar-refractivity contribution in [3.8, 4) is 0 Å². The van der Waals surface area contributed by atoms with E-state index in [0.29, 0.717) is 23.9 Å². The first kappa shape index (κ1) is 20.4. The number of likely N-dealkylation sites (N-methyl/N-ethyl adjacent to an activating group) is 1. The highest BCUT2D eigenvalue weighted by Gasteiger charge is 2.24. The Morgan fingerprint density at radius 3 is 2.61 bits per heavy atom. The van der Waals surface area contributed by atoms with E-state index in [1.807, 2.05) is 71.1 Å². The van der Waals surface area contributed by atoms with Crippen LogP contribution in [0, 0.1) is 0 Å². The molecule has 2 amide bonds. The molecule has 0 aliphatic carbocycles. The number of nitrogens with zero attached hydrogens (tertiary/aromatic N) is 2. The predicted octanol–water partition coefficient (Wildman–Crippen LogP) is 3.40. The monoisotopic (exact) mass is 397 g/mol. The van der Waals surface area contributed by atoms with Gasteiger partial charge in [-0.25, -0.2) is 0 Å². The van der Waals surface area contributed by atoms with E-state index < -0.39 is 0 Å². The van der Waals surface area contributed by atoms with Gasteiger partial charge in [-0.15, -0.1) is 11.8 Å². The number of fused-ring (bicyclic) bond motifs is 1. The van der Waals surface area contributed by atoms with E-state index >= 15 is 0 Å². The van der Waals surface area contributed by atoms with Crippen LogP contribution in [0.5, 0.6) is 0 Å². The van der Waals surface area contributed by atoms with E-state index in [9.17, 15) is 9.59 Å². The van der Waals surface area contributed by atoms with Crippen LogP contribution in [0.2, 0.25) is 0 Å². The maximum Gasteiger partial charge on any atom is 0.251 e. The Morgan fingerprint density at radius 2 is 1.89 bits per heavy atom. The summed E-state index contributed by atoms with van der Waals surface area (Å²) in [5.41, 5.74) is 2.73. The van der Waals surface area contributed by atoms with Gasteiger partial charge in [0.15, 0.2) is 0 Å². The SMILES string of the molecule is CNC(=O)c1ccc(CN(C)CC(=O)N2CC[C@@H](C)Sc3ccccc32)cc1. The van der Waals surface area contributed by atoms with Crippen molar-refractivity contribution in [2.45, 2.75) is 30.0 Å². The number of para-hydroxylation sites is 1. The Labute approximate surface area is 171 Å². The average Bonchev–Trinajstić information content (AvgIpc) is 2.86. The minimum absolute atomic E-state index is 0.0954. The Morgan fingerprint density at radius 1 is 1.18 bits per heavy atom. The minimum Gasteiger partial charge on any atom is -0.355 e. The van der Waals surface area contributed by atoms with Gasteiger partial charge in [0, 0.05) is 35.8 Å². The van der Waals surface area contributed by atoms with Crippen molar-refractivity contribution in [3.05, 3.63) is 59.7 Å². The predicted molar refractivity (Wildman–Crippen MR) is 115 cm³/mol. The molecule has 1 atom stereocenters. The molecule has 1 aliphatic rings. The standard InChI is InChI=1S/C22H27N3O2S/c1-16-12-13-25(19-6-4-5-7-20(19)28-16)21(26)15-24(3)14-17-8-10-18(11-9-17)22(27)23-2/h4-11,16H,12-15H2,1-3H3,(H,23,27)/t16-/m1/s1. The number of carbonyl (C=O) groups is 2. The summed E-state index contributed by atoms with van der Waals surface area (Å²) in [6.07, 6.45) is 0.982. The summed E-state index contributed by atoms with van der Waals surface area (Å²) >= 11 is 1.84. The number of rotatable bonds is 5. The van der Waals surface area contributed by atoms with Crippen molar-refractivity contribution in [2.75, 3.05) is 32.1 Å². The molecule has 0 unspecified atom stereocenters. The van der Waals surface area contributed by atoms with Gasteiger partial charge in [-0.05, 0) is 43.3 Å². The van der Waals surface area contributed by atoms with Crippen molar-refractivity contribution >= 4 is 29.3 Å². The zero-order valence-corrected chi connectivity index (χ0v) is 17.5. The van der Waals surface area contributed by atoms with Crippen LogP contribution in [0.3, 0.4) is 0 Å². The van der Waals surface area contributed by atoms with Crippen LogP contribution in [-0.4, -0.2) is 49.1 Å². The summed E-state index contributed by atoms with van der Waals surface area (Å²) in [6.45, 7) is 3.97. The highest BCUT2D eigenvalue weighted by Crippen LogP contribution is 2.37. The molecular weight excluding hydrogens is 370 g/mol. The highest BCUT2D eigenvalue weighted by atomic mass is 32.2. The lowest BCUT2D eigenvalue weighted by molar-refractivity contribution is -0.119. The van der Waals surface area contributed by atoms with Gasteiger partial charge < -0.3 is 10.2 Å². The highest BCUT2D eigenvalue weighted by molar-refractivity contribution is 8.00. The quantitative estimate of drug-likeness (QED) is 0.840. The Balaban J connectivity index is 1.65. The number of amides is 2. The Bertz CT molecular complexity index is 838. The maximum absolute atomic E-state index is 13.0. The van der Waals surface area contributed by atoms with Crippen molar-refractivity contribution in [2.24, 2.45) is 0 Å². The smallest absolute Gasteiger partial charge is 0.251 e. The summed E-state index contributed by atoms with van der Waals surface area (Å²) in [6, 6.07) is 15.7. The van der Waals surface area contributed by atoms with Crippen LogP contribution in [-0.2, 0) is 11.3 Å². The first-order valence-corrected chi connectivity index (χ1v) is 10.4. The van der Waals surface area contributed by atoms with Gasteiger partial charge in [-0.2, -0.15) is 0 Å². The lowest BCUT2D eigenvalue weighted by atomic mass is 10.1. The third-order valence-electron chi connectivity index (χ3n) is 4.85. The van der Waals surface area contributed by atoms with Gasteiger partial charge in [0.05, 0.1) is 12.2 Å². The van der Waals surface area contributed by atoms with Crippen molar-refractivity contribution in [1.29, 1.82) is 0 Å². The Kier molecular flexibility index (Phi) is 6.75. The average molecular weight is 398 g/mol. The minimum atomic E-state index is -0.0954. The first-order chi connectivity index (χ1) is 13.5. The molecule has 0 spiro atoms. The second-order valence-corrected chi connectivity index (χ2v) is 8.66. The van der Waals surface area contributed by atoms with Crippen LogP contribution in [0.4, 0.5) is 5.69 Å². The molecule has 1 heterocycles. The molecule has 0 bridgehead atoms. The van der Waals surface area contributed by atoms with Gasteiger partial charge >= 0.3 is 0 Å². The molecule has 6 heteroatoms. The third-order valence-corrected chi connectivity index (χ3v) is 6.08. The molecule has 2 aromatic rings. The molecule has 0 saturated carbocycles. The molecule has 1 N–H and O–H groups in total. The van der Waals surface area contributed by atoms with E-state index in [-0.39, 0.29) is 11.8 Å². The summed E-state index contributed by atoms with van der Waals surface area (Å²) in [4.78, 5) is 29.8. The van der Waals surface area contributed by atoms with Gasteiger partial charge in [0.2, 0.25) is 5.91 Å².